The van der Waals surface area contributed by atoms with Crippen LogP contribution in [0.25, 0.3) is 0 Å². The third-order valence-electron chi connectivity index (χ3n) is 3.06. The maximum atomic E-state index is 12.2. The van der Waals surface area contributed by atoms with E-state index in [1.165, 1.54) is 16.4 Å². The molecule has 1 heterocycles. The van der Waals surface area contributed by atoms with E-state index in [2.05, 4.69) is 0 Å². The van der Waals surface area contributed by atoms with E-state index >= 15 is 0 Å². The summed E-state index contributed by atoms with van der Waals surface area (Å²) in [7, 11) is -3.71. The van der Waals surface area contributed by atoms with Gasteiger partial charge in [-0.15, -0.1) is 0 Å². The van der Waals surface area contributed by atoms with Crippen LogP contribution in [0.2, 0.25) is 0 Å². The summed E-state index contributed by atoms with van der Waals surface area (Å²) in [6.07, 6.45) is 0. The molecule has 0 amide bonds. The first kappa shape index (κ1) is 13.8. The Balaban J connectivity index is 2.29. The number of benzene rings is 1. The number of hydrogen-bond donors (Lipinski definition) is 3. The van der Waals surface area contributed by atoms with Gasteiger partial charge in [-0.3, -0.25) is 0 Å². The predicted octanol–water partition coefficient (Wildman–Crippen LogP) is -0.420. The Labute approximate surface area is 110 Å². The molecule has 1 aromatic rings. The van der Waals surface area contributed by atoms with Crippen LogP contribution in [-0.2, 0) is 10.0 Å². The summed E-state index contributed by atoms with van der Waals surface area (Å²) >= 11 is 0. The van der Waals surface area contributed by atoms with Gasteiger partial charge in [0.25, 0.3) is 0 Å². The van der Waals surface area contributed by atoms with Gasteiger partial charge in [0.05, 0.1) is 11.3 Å². The maximum absolute atomic E-state index is 12.2. The predicted molar refractivity (Wildman–Crippen MR) is 67.1 cm³/mol. The molecule has 0 bridgehead atoms. The molecule has 1 fully saturated rings. The van der Waals surface area contributed by atoms with Crippen LogP contribution in [0, 0.1) is 5.92 Å². The second kappa shape index (κ2) is 4.80. The maximum Gasteiger partial charge on any atom is 0.335 e. The lowest BCUT2D eigenvalue weighted by molar-refractivity contribution is 0.0696. The summed E-state index contributed by atoms with van der Waals surface area (Å²) in [6, 6.07) is 3.52. The van der Waals surface area contributed by atoms with Crippen LogP contribution in [0.4, 0.5) is 5.69 Å². The van der Waals surface area contributed by atoms with E-state index in [0.717, 1.165) is 6.07 Å². The van der Waals surface area contributed by atoms with E-state index in [-0.39, 0.29) is 41.8 Å². The average molecular weight is 286 g/mol. The first-order valence-electron chi connectivity index (χ1n) is 5.60. The molecule has 0 saturated carbocycles. The largest absolute Gasteiger partial charge is 0.478 e. The lowest BCUT2D eigenvalue weighted by Gasteiger charge is -2.37. The van der Waals surface area contributed by atoms with E-state index < -0.39 is 16.0 Å². The number of carboxylic acid groups (broad SMARTS) is 1. The second-order valence-electron chi connectivity index (χ2n) is 4.43. The van der Waals surface area contributed by atoms with Crippen LogP contribution in [0.5, 0.6) is 0 Å². The molecule has 4 N–H and O–H groups in total. The van der Waals surface area contributed by atoms with Gasteiger partial charge in [-0.25, -0.2) is 13.2 Å². The highest BCUT2D eigenvalue weighted by Crippen LogP contribution is 2.28. The minimum atomic E-state index is -3.71. The summed E-state index contributed by atoms with van der Waals surface area (Å²) in [5.41, 5.74) is 5.46. The van der Waals surface area contributed by atoms with Gasteiger partial charge in [-0.2, -0.15) is 4.31 Å². The van der Waals surface area contributed by atoms with E-state index in [1.807, 2.05) is 0 Å². The zero-order valence-corrected chi connectivity index (χ0v) is 10.8. The smallest absolute Gasteiger partial charge is 0.335 e. The minimum absolute atomic E-state index is 0.0470. The summed E-state index contributed by atoms with van der Waals surface area (Å²) in [4.78, 5) is 10.7. The van der Waals surface area contributed by atoms with Gasteiger partial charge in [0, 0.05) is 25.6 Å². The Morgan fingerprint density at radius 3 is 2.53 bits per heavy atom. The molecule has 19 heavy (non-hydrogen) atoms. The van der Waals surface area contributed by atoms with Crippen molar-refractivity contribution in [2.45, 2.75) is 4.90 Å². The van der Waals surface area contributed by atoms with Crippen LogP contribution in [0.1, 0.15) is 10.4 Å². The van der Waals surface area contributed by atoms with Gasteiger partial charge >= 0.3 is 5.97 Å². The number of carboxylic acids is 1. The zero-order chi connectivity index (χ0) is 14.2. The molecule has 0 radical (unpaired) electrons. The number of aliphatic hydroxyl groups is 1. The van der Waals surface area contributed by atoms with Gasteiger partial charge in [-0.1, -0.05) is 0 Å². The number of sulfonamides is 1. The van der Waals surface area contributed by atoms with Crippen molar-refractivity contribution in [3.63, 3.8) is 0 Å². The molecule has 8 heteroatoms. The Hall–Kier alpha value is -1.64. The number of aliphatic hydroxyl groups excluding tert-OH is 1. The molecule has 1 aliphatic rings. The Morgan fingerprint density at radius 1 is 1.42 bits per heavy atom. The highest BCUT2D eigenvalue weighted by molar-refractivity contribution is 7.89. The number of rotatable bonds is 4. The Kier molecular flexibility index (Phi) is 3.48. The number of nitrogen functional groups attached to an aromatic ring is 1. The van der Waals surface area contributed by atoms with Crippen LogP contribution < -0.4 is 5.73 Å². The molecule has 0 spiro atoms. The van der Waals surface area contributed by atoms with E-state index in [0.29, 0.717) is 0 Å². The lowest BCUT2D eigenvalue weighted by Crippen LogP contribution is -2.51. The van der Waals surface area contributed by atoms with Crippen molar-refractivity contribution < 1.29 is 23.4 Å². The van der Waals surface area contributed by atoms with Crippen molar-refractivity contribution in [3.05, 3.63) is 23.8 Å². The molecule has 0 atom stereocenters. The fourth-order valence-corrected chi connectivity index (χ4v) is 3.58. The topological polar surface area (TPSA) is 121 Å². The first-order valence-corrected chi connectivity index (χ1v) is 7.04. The van der Waals surface area contributed by atoms with Crippen LogP contribution in [0.3, 0.4) is 0 Å². The Morgan fingerprint density at radius 2 is 2.05 bits per heavy atom. The molecule has 0 unspecified atom stereocenters. The zero-order valence-electron chi connectivity index (χ0n) is 9.98. The fraction of sp³-hybridized carbons (Fsp3) is 0.364. The number of hydrogen-bond acceptors (Lipinski definition) is 5. The molecule has 7 nitrogen and oxygen atoms in total. The van der Waals surface area contributed by atoms with Crippen molar-refractivity contribution in [3.8, 4) is 0 Å². The third-order valence-corrected chi connectivity index (χ3v) is 4.96. The quantitative estimate of drug-likeness (QED) is 0.646. The lowest BCUT2D eigenvalue weighted by atomic mass is 10.1. The normalized spacial score (nSPS) is 17.1. The number of nitrogens with zero attached hydrogens (tertiary/aromatic N) is 1. The van der Waals surface area contributed by atoms with Crippen LogP contribution in [0.15, 0.2) is 23.1 Å². The summed E-state index contributed by atoms with van der Waals surface area (Å²) < 4.78 is 25.6. The highest BCUT2D eigenvalue weighted by atomic mass is 32.2. The van der Waals surface area contributed by atoms with Gasteiger partial charge in [0.15, 0.2) is 0 Å². The third kappa shape index (κ3) is 2.42. The summed E-state index contributed by atoms with van der Waals surface area (Å²) in [5.74, 6) is -1.21. The van der Waals surface area contributed by atoms with Crippen molar-refractivity contribution in [2.75, 3.05) is 25.4 Å². The molecule has 1 aliphatic heterocycles. The SMILES string of the molecule is Nc1cc(C(=O)O)ccc1S(=O)(=O)N1CC(CO)C1. The number of nitrogens with two attached hydrogens (primary N) is 1. The minimum Gasteiger partial charge on any atom is -0.478 e. The monoisotopic (exact) mass is 286 g/mol. The number of carbonyl (C=O) groups is 1. The van der Waals surface area contributed by atoms with Gasteiger partial charge in [0.1, 0.15) is 4.90 Å². The molecule has 0 aliphatic carbocycles. The molecule has 2 rings (SSSR count). The van der Waals surface area contributed by atoms with E-state index in [4.69, 9.17) is 15.9 Å². The van der Waals surface area contributed by atoms with Crippen molar-refractivity contribution in [2.24, 2.45) is 5.92 Å². The molecule has 1 aromatic carbocycles. The van der Waals surface area contributed by atoms with Crippen LogP contribution >= 0.6 is 0 Å². The Bertz CT molecular complexity index is 608. The average Bonchev–Trinajstić information content (AvgIpc) is 2.26. The summed E-state index contributed by atoms with van der Waals surface area (Å²) in [5, 5.41) is 17.7. The molecule has 1 saturated heterocycles. The van der Waals surface area contributed by atoms with E-state index in [9.17, 15) is 13.2 Å². The fourth-order valence-electron chi connectivity index (χ4n) is 1.89. The number of anilines is 1. The molecular weight excluding hydrogens is 272 g/mol. The van der Waals surface area contributed by atoms with E-state index in [1.54, 1.807) is 0 Å². The summed E-state index contributed by atoms with van der Waals surface area (Å²) in [6.45, 7) is 0.442. The molecule has 104 valence electrons. The van der Waals surface area contributed by atoms with Crippen molar-refractivity contribution >= 4 is 21.7 Å². The second-order valence-corrected chi connectivity index (χ2v) is 6.33. The highest BCUT2D eigenvalue weighted by Gasteiger charge is 2.37. The first-order chi connectivity index (χ1) is 8.86. The van der Waals surface area contributed by atoms with Gasteiger partial charge in [-0.05, 0) is 18.2 Å². The van der Waals surface area contributed by atoms with Crippen molar-refractivity contribution in [1.82, 2.24) is 4.31 Å². The molecule has 0 aromatic heterocycles. The standard InChI is InChI=1S/C11H14N2O5S/c12-9-3-8(11(15)16)1-2-10(9)19(17,18)13-4-7(5-13)6-14/h1-3,7,14H,4-6,12H2,(H,15,16). The molecular formula is C11H14N2O5S. The van der Waals surface area contributed by atoms with Gasteiger partial charge < -0.3 is 15.9 Å². The van der Waals surface area contributed by atoms with Crippen molar-refractivity contribution in [1.29, 1.82) is 0 Å². The van der Waals surface area contributed by atoms with Crippen LogP contribution in [-0.4, -0.2) is 48.6 Å². The number of aromatic carboxylic acids is 1. The van der Waals surface area contributed by atoms with Gasteiger partial charge in [0.2, 0.25) is 10.0 Å².